The van der Waals surface area contributed by atoms with E-state index in [9.17, 15) is 8.42 Å². The van der Waals surface area contributed by atoms with Crippen molar-refractivity contribution in [2.24, 2.45) is 11.8 Å². The first-order valence-electron chi connectivity index (χ1n) is 27.2. The monoisotopic (exact) mass is 1130 g/mol. The van der Waals surface area contributed by atoms with Crippen molar-refractivity contribution in [2.45, 2.75) is 139 Å². The van der Waals surface area contributed by atoms with Crippen LogP contribution in [0, 0.1) is 25.7 Å². The summed E-state index contributed by atoms with van der Waals surface area (Å²) in [6, 6.07) is 37.9. The molecule has 0 bridgehead atoms. The number of rotatable bonds is 21. The molecule has 13 nitrogen and oxygen atoms in total. The van der Waals surface area contributed by atoms with Crippen LogP contribution < -0.4 is 25.5 Å². The minimum atomic E-state index is -4.60. The van der Waals surface area contributed by atoms with Gasteiger partial charge in [0.15, 0.2) is 29.7 Å². The van der Waals surface area contributed by atoms with E-state index in [0.717, 1.165) is 25.8 Å². The summed E-state index contributed by atoms with van der Waals surface area (Å²) in [5.74, 6) is -2.79. The van der Waals surface area contributed by atoms with E-state index in [-0.39, 0.29) is 59.1 Å². The van der Waals surface area contributed by atoms with Crippen molar-refractivity contribution in [3.8, 4) is 11.5 Å². The lowest BCUT2D eigenvalue weighted by Gasteiger charge is -2.45. The van der Waals surface area contributed by atoms with Crippen LogP contribution in [0.25, 0.3) is 0 Å². The van der Waals surface area contributed by atoms with Gasteiger partial charge in [0, 0.05) is 30.5 Å². The van der Waals surface area contributed by atoms with Crippen LogP contribution >= 0.6 is 0 Å². The maximum Gasteiger partial charge on any atom is 0.328 e. The Morgan fingerprint density at radius 1 is 0.628 bits per heavy atom. The molecule has 2 aliphatic rings. The van der Waals surface area contributed by atoms with E-state index in [1.54, 1.807) is 61.3 Å². The van der Waals surface area contributed by atoms with E-state index in [0.29, 0.717) is 28.5 Å². The van der Waals surface area contributed by atoms with Crippen molar-refractivity contribution in [3.63, 3.8) is 0 Å². The fourth-order valence-electron chi connectivity index (χ4n) is 13.1. The second kappa shape index (κ2) is 22.9. The van der Waals surface area contributed by atoms with E-state index >= 15 is 18.0 Å². The molecule has 418 valence electrons. The topological polar surface area (TPSA) is 152 Å². The molecule has 0 unspecified atom stereocenters. The third-order valence-corrected chi connectivity index (χ3v) is 31.4. The van der Waals surface area contributed by atoms with Gasteiger partial charge >= 0.3 is 5.69 Å². The van der Waals surface area contributed by atoms with Gasteiger partial charge in [0.1, 0.15) is 0 Å². The normalized spacial score (nSPS) is 18.2. The van der Waals surface area contributed by atoms with Crippen molar-refractivity contribution in [1.29, 1.82) is 0 Å². The Bertz CT molecular complexity index is 3310. The molecular weight excluding hydrogens is 1050 g/mol. The number of aromatic nitrogens is 2. The Balaban J connectivity index is 1.41. The van der Waals surface area contributed by atoms with Crippen molar-refractivity contribution in [2.75, 3.05) is 33.2 Å². The van der Waals surface area contributed by atoms with E-state index in [2.05, 4.69) is 86.6 Å². The van der Waals surface area contributed by atoms with Gasteiger partial charge in [-0.05, 0) is 100 Å². The highest BCUT2D eigenvalue weighted by atomic mass is 32.2. The van der Waals surface area contributed by atoms with Gasteiger partial charge in [0.25, 0.3) is 18.3 Å². The number of amides is 1. The van der Waals surface area contributed by atoms with E-state index in [1.807, 2.05) is 62.4 Å². The molecule has 78 heavy (non-hydrogen) atoms. The summed E-state index contributed by atoms with van der Waals surface area (Å²) < 4.78 is 90.9. The number of sulfonamides is 1. The molecule has 1 saturated heterocycles. The molecular formula is C61H79N3O10S2Si2. The number of hydrogen-bond acceptors (Lipinski definition) is 10. The zero-order chi connectivity index (χ0) is 56.7. The van der Waals surface area contributed by atoms with Crippen molar-refractivity contribution in [3.05, 3.63) is 166 Å². The number of sulfone groups is 1. The molecule has 4 atom stereocenters. The molecule has 1 fully saturated rings. The van der Waals surface area contributed by atoms with Gasteiger partial charge in [0.05, 0.1) is 54.9 Å². The summed E-state index contributed by atoms with van der Waals surface area (Å²) in [4.78, 5) is 32.1. The number of carbonyl (C=O) groups excluding carboxylic acids is 1. The Hall–Kier alpha value is -5.57. The van der Waals surface area contributed by atoms with Gasteiger partial charge in [-0.15, -0.1) is 0 Å². The standard InChI is InChI=1S/C61H79N3O10S2Si2/c1-41(2)77(42(3)4,43(5)6)73-40-53-57-56(59(65)64(53)76(69,70)49-31-26-45(8)27-32-49)47(39-74-78(61(9,10)11,50-20-16-14-17-21-50)51-22-18-15-19-23-51)37-52-58(57)62(34-35-75(67,68)48-29-24-44(7)25-30-48)60(66)63(52)38-46-28-33-54(71-12)55(36-46)72-13/h14-33,36,41-43,47,53,56-57H,34-35,37-40H2,1-13H3/t47-,53+,56+,57+/m0/s1. The van der Waals surface area contributed by atoms with Gasteiger partial charge in [-0.25, -0.2) is 25.9 Å². The molecule has 2 heterocycles. The van der Waals surface area contributed by atoms with Crippen molar-refractivity contribution in [1.82, 2.24) is 13.4 Å². The lowest BCUT2D eigenvalue weighted by Crippen LogP contribution is -2.67. The van der Waals surface area contributed by atoms with Gasteiger partial charge in [-0.3, -0.25) is 13.9 Å². The highest BCUT2D eigenvalue weighted by molar-refractivity contribution is 7.91. The highest BCUT2D eigenvalue weighted by Crippen LogP contribution is 2.52. The minimum absolute atomic E-state index is 0.0336. The lowest BCUT2D eigenvalue weighted by molar-refractivity contribution is -0.129. The zero-order valence-electron chi connectivity index (χ0n) is 47.6. The van der Waals surface area contributed by atoms with Crippen LogP contribution in [0.5, 0.6) is 11.5 Å². The fraction of sp³-hybridized carbons (Fsp3) is 0.443. The highest BCUT2D eigenvalue weighted by Gasteiger charge is 2.62. The fourth-order valence-corrected chi connectivity index (χ4v) is 26.0. The molecule has 8 rings (SSSR count). The second-order valence-electron chi connectivity index (χ2n) is 23.3. The first kappa shape index (κ1) is 58.6. The number of fused-ring (bicyclic) bond motifs is 3. The molecule has 0 saturated carbocycles. The Labute approximate surface area is 465 Å². The molecule has 1 amide bonds. The smallest absolute Gasteiger partial charge is 0.328 e. The van der Waals surface area contributed by atoms with Crippen LogP contribution in [0.4, 0.5) is 0 Å². The summed E-state index contributed by atoms with van der Waals surface area (Å²) >= 11 is 0. The molecule has 17 heteroatoms. The number of ether oxygens (including phenoxy) is 2. The lowest BCUT2D eigenvalue weighted by atomic mass is 9.72. The molecule has 5 aromatic carbocycles. The van der Waals surface area contributed by atoms with Crippen LogP contribution in [-0.2, 0) is 53.0 Å². The van der Waals surface area contributed by atoms with E-state index in [4.69, 9.17) is 18.3 Å². The second-order valence-corrected chi connectivity index (χ2v) is 37.0. The van der Waals surface area contributed by atoms with Gasteiger partial charge in [-0.1, -0.05) is 164 Å². The van der Waals surface area contributed by atoms with Crippen molar-refractivity contribution < 1.29 is 40.0 Å². The first-order valence-corrected chi connectivity index (χ1v) is 34.4. The predicted molar refractivity (Wildman–Crippen MR) is 314 cm³/mol. The third-order valence-electron chi connectivity index (χ3n) is 16.7. The zero-order valence-corrected chi connectivity index (χ0v) is 51.3. The average molecular weight is 1130 g/mol. The van der Waals surface area contributed by atoms with Crippen LogP contribution in [-0.4, -0.2) is 92.0 Å². The molecule has 1 aliphatic heterocycles. The average Bonchev–Trinajstić information content (AvgIpc) is 3.67. The summed E-state index contributed by atoms with van der Waals surface area (Å²) in [5.41, 5.74) is 3.30. The number of methoxy groups -OCH3 is 2. The summed E-state index contributed by atoms with van der Waals surface area (Å²) in [7, 11) is -11.6. The first-order chi connectivity index (χ1) is 36.8. The van der Waals surface area contributed by atoms with E-state index < -0.39 is 82.7 Å². The van der Waals surface area contributed by atoms with Crippen LogP contribution in [0.3, 0.4) is 0 Å². The molecule has 0 N–H and O–H groups in total. The largest absolute Gasteiger partial charge is 0.493 e. The summed E-state index contributed by atoms with van der Waals surface area (Å²) in [5, 5.41) is 1.62. The number of benzene rings is 5. The van der Waals surface area contributed by atoms with Crippen molar-refractivity contribution >= 4 is 52.8 Å². The number of aryl methyl sites for hydroxylation is 2. The molecule has 0 spiro atoms. The summed E-state index contributed by atoms with van der Waals surface area (Å²) in [6.07, 6.45) is 0.134. The Kier molecular flexibility index (Phi) is 17.2. The van der Waals surface area contributed by atoms with Crippen LogP contribution in [0.2, 0.25) is 21.7 Å². The van der Waals surface area contributed by atoms with Gasteiger partial charge < -0.3 is 18.3 Å². The van der Waals surface area contributed by atoms with Crippen LogP contribution in [0.1, 0.15) is 96.3 Å². The predicted octanol–water partition coefficient (Wildman–Crippen LogP) is 10.0. The number of imidazole rings is 1. The third kappa shape index (κ3) is 10.7. The van der Waals surface area contributed by atoms with Gasteiger partial charge in [0.2, 0.25) is 5.91 Å². The number of hydrogen-bond donors (Lipinski definition) is 0. The number of carbonyl (C=O) groups is 1. The van der Waals surface area contributed by atoms with Crippen LogP contribution in [0.15, 0.2) is 142 Å². The Morgan fingerprint density at radius 3 is 1.65 bits per heavy atom. The maximum atomic E-state index is 16.2. The molecule has 0 radical (unpaired) electrons. The maximum absolute atomic E-state index is 16.2. The Morgan fingerprint density at radius 2 is 1.15 bits per heavy atom. The SMILES string of the molecule is COc1ccc(Cn2c3c(n(CCS(=O)(=O)c4ccc(C)cc4)c2=O)[C@H]2[C@H](C(=O)N(S(=O)(=O)c4ccc(C)cc4)[C@@H]2CO[Si](C(C)C)(C(C)C)C(C)C)[C@H](CO[Si](c2ccccc2)(c2ccccc2)C(C)(C)C)C3)cc1OC. The number of nitrogens with zero attached hydrogens (tertiary/aromatic N) is 3. The quantitative estimate of drug-likeness (QED) is 0.0637. The minimum Gasteiger partial charge on any atom is -0.493 e. The molecule has 1 aliphatic carbocycles. The molecule has 1 aromatic heterocycles. The van der Waals surface area contributed by atoms with Gasteiger partial charge in [-0.2, -0.15) is 0 Å². The molecule has 6 aromatic rings. The van der Waals surface area contributed by atoms with E-state index in [1.165, 1.54) is 16.7 Å². The summed E-state index contributed by atoms with van der Waals surface area (Å²) in [6.45, 7) is 22.9.